The van der Waals surface area contributed by atoms with E-state index in [2.05, 4.69) is 5.16 Å². The summed E-state index contributed by atoms with van der Waals surface area (Å²) in [5.41, 5.74) is 12.7. The third kappa shape index (κ3) is 3.46. The Morgan fingerprint density at radius 2 is 2.00 bits per heavy atom. The third-order valence-corrected chi connectivity index (χ3v) is 1.80. The Hall–Kier alpha value is -1.14. The minimum Gasteiger partial charge on any atom is -0.380 e. The highest BCUT2D eigenvalue weighted by atomic mass is 32.2. The predicted octanol–water partition coefficient (Wildman–Crippen LogP) is 1.47. The third-order valence-electron chi connectivity index (χ3n) is 1.80. The molecule has 0 aliphatic carbocycles. The van der Waals surface area contributed by atoms with E-state index in [-0.39, 0.29) is 8.41 Å². The molecule has 0 aliphatic rings. The van der Waals surface area contributed by atoms with Gasteiger partial charge in [0.05, 0.1) is 5.39 Å². The van der Waals surface area contributed by atoms with Crippen molar-refractivity contribution in [3.63, 3.8) is 0 Å². The van der Waals surface area contributed by atoms with Gasteiger partial charge in [-0.05, 0) is 30.2 Å². The predicted molar refractivity (Wildman–Crippen MR) is 71.5 cm³/mol. The lowest BCUT2D eigenvalue weighted by Gasteiger charge is -1.93. The molecule has 1 heterocycles. The van der Waals surface area contributed by atoms with Crippen molar-refractivity contribution in [1.82, 2.24) is 5.16 Å². The van der Waals surface area contributed by atoms with Crippen LogP contribution in [0, 0.1) is 0 Å². The van der Waals surface area contributed by atoms with E-state index in [1.807, 2.05) is 30.7 Å². The standard InChI is InChI=1S/C8H9N3O.C2H6S.B/c9-4-5-1-2-6-7(3-5)12-11-8(6)10;1-3-2;/h1-3H,4,9H2,(H2,10,11);1-2H3;. The molecule has 0 unspecified atom stereocenters. The van der Waals surface area contributed by atoms with E-state index < -0.39 is 0 Å². The van der Waals surface area contributed by atoms with Gasteiger partial charge in [0.25, 0.3) is 0 Å². The van der Waals surface area contributed by atoms with Crippen LogP contribution in [-0.4, -0.2) is 26.1 Å². The molecule has 16 heavy (non-hydrogen) atoms. The lowest BCUT2D eigenvalue weighted by molar-refractivity contribution is 0.460. The van der Waals surface area contributed by atoms with Crippen LogP contribution in [0.2, 0.25) is 0 Å². The number of nitrogen functional groups attached to an aromatic ring is 1. The molecule has 0 saturated carbocycles. The number of nitrogens with zero attached hydrogens (tertiary/aromatic N) is 1. The number of hydrogen-bond donors (Lipinski definition) is 2. The molecule has 2 aromatic rings. The fraction of sp³-hybridized carbons (Fsp3) is 0.300. The van der Waals surface area contributed by atoms with E-state index in [0.717, 1.165) is 10.9 Å². The molecule has 3 radical (unpaired) electrons. The van der Waals surface area contributed by atoms with Crippen molar-refractivity contribution >= 4 is 37.0 Å². The number of fused-ring (bicyclic) bond motifs is 1. The number of thioether (sulfide) groups is 1. The van der Waals surface area contributed by atoms with Gasteiger partial charge in [0, 0.05) is 15.0 Å². The van der Waals surface area contributed by atoms with E-state index in [0.29, 0.717) is 17.9 Å². The van der Waals surface area contributed by atoms with E-state index in [1.54, 1.807) is 11.8 Å². The molecule has 0 bridgehead atoms. The van der Waals surface area contributed by atoms with Gasteiger partial charge in [-0.2, -0.15) is 11.8 Å². The molecule has 0 atom stereocenters. The maximum Gasteiger partial charge on any atom is 0.174 e. The van der Waals surface area contributed by atoms with Crippen LogP contribution < -0.4 is 11.5 Å². The summed E-state index contributed by atoms with van der Waals surface area (Å²) >= 11 is 1.75. The molecule has 6 heteroatoms. The molecule has 0 aliphatic heterocycles. The number of rotatable bonds is 1. The van der Waals surface area contributed by atoms with Gasteiger partial charge in [0.1, 0.15) is 0 Å². The second kappa shape index (κ2) is 7.19. The largest absolute Gasteiger partial charge is 0.380 e. The summed E-state index contributed by atoms with van der Waals surface area (Å²) in [7, 11) is 0. The SMILES string of the molecule is CSC.NCc1ccc2c(N)noc2c1.[B]. The number of anilines is 1. The first kappa shape index (κ1) is 14.9. The summed E-state index contributed by atoms with van der Waals surface area (Å²) in [5.74, 6) is 0.425. The van der Waals surface area contributed by atoms with Crippen molar-refractivity contribution < 1.29 is 4.52 Å². The van der Waals surface area contributed by atoms with Gasteiger partial charge in [-0.25, -0.2) is 0 Å². The summed E-state index contributed by atoms with van der Waals surface area (Å²) in [6.07, 6.45) is 4.08. The van der Waals surface area contributed by atoms with Crippen LogP contribution in [0.25, 0.3) is 11.0 Å². The molecule has 0 saturated heterocycles. The smallest absolute Gasteiger partial charge is 0.174 e. The number of aromatic nitrogens is 1. The molecule has 0 spiro atoms. The normalized spacial score (nSPS) is 9.19. The van der Waals surface area contributed by atoms with Gasteiger partial charge in [0.2, 0.25) is 0 Å². The molecule has 1 aromatic heterocycles. The van der Waals surface area contributed by atoms with Gasteiger partial charge in [-0.15, -0.1) is 0 Å². The van der Waals surface area contributed by atoms with Crippen LogP contribution in [0.1, 0.15) is 5.56 Å². The van der Waals surface area contributed by atoms with Crippen molar-refractivity contribution in [2.24, 2.45) is 5.73 Å². The molecule has 2 rings (SSSR count). The van der Waals surface area contributed by atoms with Crippen LogP contribution in [-0.2, 0) is 6.54 Å². The molecular formula is C10H15BN3OS. The molecule has 85 valence electrons. The summed E-state index contributed by atoms with van der Waals surface area (Å²) < 4.78 is 4.96. The monoisotopic (exact) mass is 236 g/mol. The number of benzene rings is 1. The Labute approximate surface area is 101 Å². The first-order valence-corrected chi connectivity index (χ1v) is 6.10. The lowest BCUT2D eigenvalue weighted by atomic mass is 10.2. The second-order valence-electron chi connectivity index (χ2n) is 3.01. The number of nitrogens with two attached hydrogens (primary N) is 2. The zero-order valence-electron chi connectivity index (χ0n) is 9.43. The molecule has 1 aromatic carbocycles. The minimum absolute atomic E-state index is 0. The van der Waals surface area contributed by atoms with Gasteiger partial charge in [-0.3, -0.25) is 0 Å². The van der Waals surface area contributed by atoms with Crippen molar-refractivity contribution in [2.75, 3.05) is 18.2 Å². The zero-order chi connectivity index (χ0) is 11.3. The van der Waals surface area contributed by atoms with E-state index in [4.69, 9.17) is 16.0 Å². The Morgan fingerprint density at radius 1 is 1.38 bits per heavy atom. The Kier molecular flexibility index (Phi) is 6.68. The molecule has 0 fully saturated rings. The zero-order valence-corrected chi connectivity index (χ0v) is 10.3. The molecular weight excluding hydrogens is 221 g/mol. The summed E-state index contributed by atoms with van der Waals surface area (Å²) in [6, 6.07) is 5.62. The Balaban J connectivity index is 0.000000511. The first-order valence-electron chi connectivity index (χ1n) is 4.47. The fourth-order valence-corrected chi connectivity index (χ4v) is 1.13. The first-order chi connectivity index (χ1) is 7.22. The van der Waals surface area contributed by atoms with Gasteiger partial charge in [0.15, 0.2) is 11.4 Å². The average Bonchev–Trinajstić information content (AvgIpc) is 2.61. The highest BCUT2D eigenvalue weighted by molar-refractivity contribution is 7.97. The highest BCUT2D eigenvalue weighted by Crippen LogP contribution is 2.20. The highest BCUT2D eigenvalue weighted by Gasteiger charge is 2.03. The van der Waals surface area contributed by atoms with Crippen LogP contribution >= 0.6 is 11.8 Å². The molecule has 4 N–H and O–H groups in total. The second-order valence-corrected chi connectivity index (χ2v) is 3.83. The Bertz CT molecular complexity index is 433. The summed E-state index contributed by atoms with van der Waals surface area (Å²) in [5, 5.41) is 4.47. The van der Waals surface area contributed by atoms with Gasteiger partial charge in [-0.1, -0.05) is 11.2 Å². The van der Waals surface area contributed by atoms with Crippen molar-refractivity contribution in [2.45, 2.75) is 6.54 Å². The summed E-state index contributed by atoms with van der Waals surface area (Å²) in [4.78, 5) is 0. The minimum atomic E-state index is 0. The van der Waals surface area contributed by atoms with Crippen molar-refractivity contribution in [3.8, 4) is 0 Å². The van der Waals surface area contributed by atoms with Crippen molar-refractivity contribution in [1.29, 1.82) is 0 Å². The summed E-state index contributed by atoms with van der Waals surface area (Å²) in [6.45, 7) is 0.497. The molecule has 4 nitrogen and oxygen atoms in total. The lowest BCUT2D eigenvalue weighted by Crippen LogP contribution is -1.94. The molecule has 0 amide bonds. The van der Waals surface area contributed by atoms with Crippen molar-refractivity contribution in [3.05, 3.63) is 23.8 Å². The van der Waals surface area contributed by atoms with Crippen LogP contribution in [0.15, 0.2) is 22.7 Å². The topological polar surface area (TPSA) is 78.1 Å². The quantitative estimate of drug-likeness (QED) is 0.733. The fourth-order valence-electron chi connectivity index (χ4n) is 1.13. The van der Waals surface area contributed by atoms with Crippen LogP contribution in [0.5, 0.6) is 0 Å². The maximum absolute atomic E-state index is 5.53. The maximum atomic E-state index is 5.53. The number of hydrogen-bond acceptors (Lipinski definition) is 5. The van der Waals surface area contributed by atoms with E-state index in [9.17, 15) is 0 Å². The van der Waals surface area contributed by atoms with Crippen LogP contribution in [0.3, 0.4) is 0 Å². The Morgan fingerprint density at radius 3 is 2.56 bits per heavy atom. The van der Waals surface area contributed by atoms with Gasteiger partial charge >= 0.3 is 0 Å². The average molecular weight is 236 g/mol. The van der Waals surface area contributed by atoms with Gasteiger partial charge < -0.3 is 16.0 Å². The van der Waals surface area contributed by atoms with E-state index in [1.165, 1.54) is 0 Å². The van der Waals surface area contributed by atoms with E-state index >= 15 is 0 Å². The van der Waals surface area contributed by atoms with Crippen LogP contribution in [0.4, 0.5) is 5.82 Å².